The molecular formula is C28H30O5. The van der Waals surface area contributed by atoms with E-state index in [-0.39, 0.29) is 30.5 Å². The van der Waals surface area contributed by atoms with Crippen molar-refractivity contribution in [1.82, 2.24) is 0 Å². The van der Waals surface area contributed by atoms with Crippen LogP contribution in [0.1, 0.15) is 29.9 Å². The molecule has 3 aromatic carbocycles. The van der Waals surface area contributed by atoms with Gasteiger partial charge < -0.3 is 23.7 Å². The van der Waals surface area contributed by atoms with Gasteiger partial charge in [0.1, 0.15) is 24.4 Å². The van der Waals surface area contributed by atoms with Gasteiger partial charge in [0.25, 0.3) is 0 Å². The third-order valence-electron chi connectivity index (χ3n) is 6.20. The van der Waals surface area contributed by atoms with Gasteiger partial charge >= 0.3 is 0 Å². The van der Waals surface area contributed by atoms with E-state index in [9.17, 15) is 0 Å². The predicted octanol–water partition coefficient (Wildman–Crippen LogP) is 5.06. The minimum absolute atomic E-state index is 0.156. The van der Waals surface area contributed by atoms with Gasteiger partial charge in [-0.3, -0.25) is 0 Å². The number of fused-ring (bicyclic) bond motifs is 1. The molecular weight excluding hydrogens is 416 g/mol. The van der Waals surface area contributed by atoms with Crippen molar-refractivity contribution in [3.8, 4) is 0 Å². The van der Waals surface area contributed by atoms with Crippen LogP contribution in [0.25, 0.3) is 0 Å². The molecule has 33 heavy (non-hydrogen) atoms. The minimum atomic E-state index is -0.456. The van der Waals surface area contributed by atoms with Crippen LogP contribution in [-0.2, 0) is 36.9 Å². The first-order valence-electron chi connectivity index (χ1n) is 11.6. The average molecular weight is 447 g/mol. The lowest BCUT2D eigenvalue weighted by molar-refractivity contribution is -0.337. The largest absolute Gasteiger partial charge is 0.368 e. The molecule has 0 saturated carbocycles. The van der Waals surface area contributed by atoms with Crippen molar-refractivity contribution in [2.45, 2.75) is 56.9 Å². The molecule has 5 nitrogen and oxygen atoms in total. The van der Waals surface area contributed by atoms with E-state index in [1.54, 1.807) is 0 Å². The van der Waals surface area contributed by atoms with Gasteiger partial charge in [-0.15, -0.1) is 0 Å². The van der Waals surface area contributed by atoms with Crippen LogP contribution in [0.2, 0.25) is 0 Å². The molecule has 172 valence electrons. The SMILES string of the molecule is CC1OC2COC(c3ccccc3)O[C@H]2C(OCc2ccccc2)C1OCc1ccccc1. The number of hydrogen-bond donors (Lipinski definition) is 0. The standard InChI is InChI=1S/C28H30O5/c1-20-25(29-17-21-11-5-2-6-12-21)27(30-18-22-13-7-3-8-14-22)26-24(32-20)19-31-28(33-26)23-15-9-4-10-16-23/h2-16,20,24-28H,17-19H2,1H3/t20?,24?,25?,26-,27?,28?/m1/s1. The molecule has 2 fully saturated rings. The minimum Gasteiger partial charge on any atom is -0.368 e. The van der Waals surface area contributed by atoms with Gasteiger partial charge in [-0.05, 0) is 18.1 Å². The Morgan fingerprint density at radius 3 is 1.85 bits per heavy atom. The topological polar surface area (TPSA) is 46.2 Å². The summed E-state index contributed by atoms with van der Waals surface area (Å²) in [6.07, 6.45) is -1.69. The van der Waals surface area contributed by atoms with Crippen molar-refractivity contribution in [2.75, 3.05) is 6.61 Å². The summed E-state index contributed by atoms with van der Waals surface area (Å²) in [6.45, 7) is 3.45. The first kappa shape index (κ1) is 22.3. The summed E-state index contributed by atoms with van der Waals surface area (Å²) in [6, 6.07) is 30.3. The van der Waals surface area contributed by atoms with Gasteiger partial charge in [0.15, 0.2) is 6.29 Å². The van der Waals surface area contributed by atoms with Crippen LogP contribution in [0.5, 0.6) is 0 Å². The smallest absolute Gasteiger partial charge is 0.184 e. The Hall–Kier alpha value is -2.54. The van der Waals surface area contributed by atoms with E-state index in [4.69, 9.17) is 23.7 Å². The maximum Gasteiger partial charge on any atom is 0.184 e. The molecule has 2 aliphatic heterocycles. The second kappa shape index (κ2) is 10.6. The average Bonchev–Trinajstić information content (AvgIpc) is 2.88. The summed E-state index contributed by atoms with van der Waals surface area (Å²) >= 11 is 0. The van der Waals surface area contributed by atoms with E-state index in [2.05, 4.69) is 24.3 Å². The Morgan fingerprint density at radius 2 is 1.24 bits per heavy atom. The molecule has 2 saturated heterocycles. The van der Waals surface area contributed by atoms with Gasteiger partial charge in [-0.25, -0.2) is 0 Å². The van der Waals surface area contributed by atoms with Crippen LogP contribution in [0.15, 0.2) is 91.0 Å². The molecule has 0 amide bonds. The fourth-order valence-corrected chi connectivity index (χ4v) is 4.50. The van der Waals surface area contributed by atoms with Crippen LogP contribution in [0.4, 0.5) is 0 Å². The lowest BCUT2D eigenvalue weighted by Gasteiger charge is -2.48. The first-order valence-corrected chi connectivity index (χ1v) is 11.6. The second-order valence-electron chi connectivity index (χ2n) is 8.58. The number of rotatable bonds is 7. The number of ether oxygens (including phenoxy) is 5. The van der Waals surface area contributed by atoms with Crippen molar-refractivity contribution in [2.24, 2.45) is 0 Å². The fraction of sp³-hybridized carbons (Fsp3) is 0.357. The molecule has 0 bridgehead atoms. The highest BCUT2D eigenvalue weighted by molar-refractivity contribution is 5.17. The van der Waals surface area contributed by atoms with Crippen LogP contribution in [0.3, 0.4) is 0 Å². The molecule has 0 N–H and O–H groups in total. The van der Waals surface area contributed by atoms with Crippen molar-refractivity contribution < 1.29 is 23.7 Å². The summed E-state index contributed by atoms with van der Waals surface area (Å²) in [5.41, 5.74) is 3.21. The normalized spacial score (nSPS) is 29.4. The molecule has 0 aliphatic carbocycles. The maximum atomic E-state index is 6.51. The zero-order valence-electron chi connectivity index (χ0n) is 18.8. The van der Waals surface area contributed by atoms with Crippen LogP contribution in [0, 0.1) is 0 Å². The Labute approximate surface area is 195 Å². The Balaban J connectivity index is 1.36. The highest BCUT2D eigenvalue weighted by Crippen LogP contribution is 2.36. The van der Waals surface area contributed by atoms with Gasteiger partial charge in [0, 0.05) is 5.56 Å². The van der Waals surface area contributed by atoms with E-state index in [1.807, 2.05) is 73.7 Å². The third kappa shape index (κ3) is 5.35. The maximum absolute atomic E-state index is 6.51. The van der Waals surface area contributed by atoms with Gasteiger partial charge in [-0.2, -0.15) is 0 Å². The van der Waals surface area contributed by atoms with E-state index < -0.39 is 6.29 Å². The zero-order chi connectivity index (χ0) is 22.5. The molecule has 5 rings (SSSR count). The van der Waals surface area contributed by atoms with Crippen molar-refractivity contribution in [3.05, 3.63) is 108 Å². The third-order valence-corrected chi connectivity index (χ3v) is 6.20. The fourth-order valence-electron chi connectivity index (χ4n) is 4.50. The molecule has 6 atom stereocenters. The molecule has 5 heteroatoms. The predicted molar refractivity (Wildman–Crippen MR) is 124 cm³/mol. The van der Waals surface area contributed by atoms with Gasteiger partial charge in [0.2, 0.25) is 0 Å². The Bertz CT molecular complexity index is 981. The van der Waals surface area contributed by atoms with E-state index >= 15 is 0 Å². The summed E-state index contributed by atoms with van der Waals surface area (Å²) in [5.74, 6) is 0. The van der Waals surface area contributed by atoms with Crippen LogP contribution < -0.4 is 0 Å². The molecule has 0 aromatic heterocycles. The zero-order valence-corrected chi connectivity index (χ0v) is 18.8. The Kier molecular flexibility index (Phi) is 7.15. The highest BCUT2D eigenvalue weighted by Gasteiger charge is 2.49. The van der Waals surface area contributed by atoms with Crippen LogP contribution in [-0.4, -0.2) is 37.1 Å². The van der Waals surface area contributed by atoms with E-state index in [0.717, 1.165) is 16.7 Å². The quantitative estimate of drug-likeness (QED) is 0.508. The van der Waals surface area contributed by atoms with Crippen molar-refractivity contribution >= 4 is 0 Å². The van der Waals surface area contributed by atoms with Gasteiger partial charge in [0.05, 0.1) is 25.9 Å². The molecule has 3 aromatic rings. The molecule has 2 aliphatic rings. The number of hydrogen-bond acceptors (Lipinski definition) is 5. The highest BCUT2D eigenvalue weighted by atomic mass is 16.7. The van der Waals surface area contributed by atoms with Crippen molar-refractivity contribution in [3.63, 3.8) is 0 Å². The monoisotopic (exact) mass is 446 g/mol. The number of benzene rings is 3. The lowest BCUT2D eigenvalue weighted by Crippen LogP contribution is -2.62. The summed E-state index contributed by atoms with van der Waals surface area (Å²) in [7, 11) is 0. The van der Waals surface area contributed by atoms with E-state index in [1.165, 1.54) is 0 Å². The Morgan fingerprint density at radius 1 is 0.697 bits per heavy atom. The molecule has 0 radical (unpaired) electrons. The molecule has 5 unspecified atom stereocenters. The first-order chi connectivity index (χ1) is 16.3. The molecule has 2 heterocycles. The lowest BCUT2D eigenvalue weighted by atomic mass is 9.94. The summed E-state index contributed by atoms with van der Waals surface area (Å²) in [4.78, 5) is 0. The van der Waals surface area contributed by atoms with E-state index in [0.29, 0.717) is 19.8 Å². The van der Waals surface area contributed by atoms with Crippen molar-refractivity contribution in [1.29, 1.82) is 0 Å². The van der Waals surface area contributed by atoms with Gasteiger partial charge in [-0.1, -0.05) is 91.0 Å². The summed E-state index contributed by atoms with van der Waals surface area (Å²) in [5, 5.41) is 0. The second-order valence-corrected chi connectivity index (χ2v) is 8.58. The van der Waals surface area contributed by atoms with Crippen LogP contribution >= 0.6 is 0 Å². The summed E-state index contributed by atoms with van der Waals surface area (Å²) < 4.78 is 31.7. The molecule has 0 spiro atoms.